The summed E-state index contributed by atoms with van der Waals surface area (Å²) in [6, 6.07) is 12.0. The maximum absolute atomic E-state index is 13.0. The quantitative estimate of drug-likeness (QED) is 0.615. The monoisotopic (exact) mass is 415 g/mol. The van der Waals surface area contributed by atoms with Crippen molar-refractivity contribution in [3.8, 4) is 0 Å². The first-order valence-electron chi connectivity index (χ1n) is 9.60. The van der Waals surface area contributed by atoms with Gasteiger partial charge in [0.1, 0.15) is 5.82 Å². The van der Waals surface area contributed by atoms with Gasteiger partial charge in [-0.1, -0.05) is 26.0 Å². The Labute approximate surface area is 175 Å². The van der Waals surface area contributed by atoms with Crippen LogP contribution in [0, 0.1) is 11.7 Å². The molecule has 0 saturated heterocycles. The van der Waals surface area contributed by atoms with E-state index in [1.54, 1.807) is 31.2 Å². The molecule has 0 heterocycles. The van der Waals surface area contributed by atoms with E-state index in [0.717, 1.165) is 0 Å². The summed E-state index contributed by atoms with van der Waals surface area (Å²) in [5.74, 6) is -1.84. The van der Waals surface area contributed by atoms with E-state index in [4.69, 9.17) is 4.74 Å². The number of carbonyl (C=O) groups is 3. The van der Waals surface area contributed by atoms with Gasteiger partial charge in [-0.15, -0.1) is 0 Å². The number of esters is 1. The molecule has 1 unspecified atom stereocenters. The molecule has 2 rings (SSSR count). The minimum Gasteiger partial charge on any atom is -0.469 e. The third kappa shape index (κ3) is 6.66. The van der Waals surface area contributed by atoms with Gasteiger partial charge in [0.05, 0.1) is 30.8 Å². The molecule has 160 valence electrons. The number of nitrogens with zero attached hydrogens (tertiary/aromatic N) is 1. The minimum absolute atomic E-state index is 0.0613. The Morgan fingerprint density at radius 1 is 1.07 bits per heavy atom. The van der Waals surface area contributed by atoms with E-state index < -0.39 is 11.7 Å². The van der Waals surface area contributed by atoms with Crippen molar-refractivity contribution in [2.45, 2.75) is 13.8 Å². The van der Waals surface area contributed by atoms with Gasteiger partial charge < -0.3 is 15.4 Å². The fraction of sp³-hybridized carbons (Fsp3) is 0.318. The van der Waals surface area contributed by atoms with E-state index in [9.17, 15) is 18.8 Å². The number of para-hydroxylation sites is 1. The Balaban J connectivity index is 2.04. The van der Waals surface area contributed by atoms with Gasteiger partial charge in [0.2, 0.25) is 5.91 Å². The zero-order valence-electron chi connectivity index (χ0n) is 17.3. The van der Waals surface area contributed by atoms with Crippen molar-refractivity contribution in [3.05, 3.63) is 59.9 Å². The van der Waals surface area contributed by atoms with Crippen molar-refractivity contribution in [1.29, 1.82) is 0 Å². The lowest BCUT2D eigenvalue weighted by atomic mass is 10.1. The molecule has 0 fully saturated rings. The van der Waals surface area contributed by atoms with Gasteiger partial charge in [-0.05, 0) is 42.9 Å². The van der Waals surface area contributed by atoms with Crippen LogP contribution in [0.5, 0.6) is 0 Å². The molecule has 0 saturated carbocycles. The molecule has 0 radical (unpaired) electrons. The Hall–Kier alpha value is -3.26. The normalized spacial score (nSPS) is 11.6. The Bertz CT molecular complexity index is 886. The lowest BCUT2D eigenvalue weighted by Gasteiger charge is -2.22. The predicted octanol–water partition coefficient (Wildman–Crippen LogP) is 3.15. The predicted molar refractivity (Wildman–Crippen MR) is 113 cm³/mol. The molecular weight excluding hydrogens is 389 g/mol. The minimum atomic E-state index is -0.427. The first kappa shape index (κ1) is 23.0. The zero-order chi connectivity index (χ0) is 22.1. The van der Waals surface area contributed by atoms with E-state index in [1.807, 2.05) is 11.8 Å². The summed E-state index contributed by atoms with van der Waals surface area (Å²) in [6.45, 7) is 4.64. The fourth-order valence-electron chi connectivity index (χ4n) is 2.88. The van der Waals surface area contributed by atoms with Crippen LogP contribution in [0.2, 0.25) is 0 Å². The average molecular weight is 415 g/mol. The van der Waals surface area contributed by atoms with Crippen LogP contribution in [-0.4, -0.2) is 49.4 Å². The molecule has 0 aliphatic carbocycles. The molecule has 1 atom stereocenters. The third-order valence-corrected chi connectivity index (χ3v) is 4.50. The molecule has 0 aliphatic heterocycles. The number of ether oxygens (including phenoxy) is 1. The molecular formula is C22H26FN3O4. The SMILES string of the molecule is CCN(CC(=O)Nc1ccccc1C(=O)Nc1ccc(F)cc1)CC(C)C(=O)OC. The van der Waals surface area contributed by atoms with E-state index in [-0.39, 0.29) is 29.9 Å². The molecule has 30 heavy (non-hydrogen) atoms. The van der Waals surface area contributed by atoms with Gasteiger partial charge in [-0.25, -0.2) is 4.39 Å². The number of amides is 2. The average Bonchev–Trinajstić information content (AvgIpc) is 2.74. The first-order valence-corrected chi connectivity index (χ1v) is 9.60. The highest BCUT2D eigenvalue weighted by atomic mass is 19.1. The smallest absolute Gasteiger partial charge is 0.309 e. The van der Waals surface area contributed by atoms with Gasteiger partial charge in [0.15, 0.2) is 0 Å². The topological polar surface area (TPSA) is 87.7 Å². The summed E-state index contributed by atoms with van der Waals surface area (Å²) in [6.07, 6.45) is 0. The van der Waals surface area contributed by atoms with Crippen molar-refractivity contribution in [1.82, 2.24) is 4.90 Å². The van der Waals surface area contributed by atoms with Crippen LogP contribution >= 0.6 is 0 Å². The summed E-state index contributed by atoms with van der Waals surface area (Å²) < 4.78 is 17.8. The maximum Gasteiger partial charge on any atom is 0.309 e. The standard InChI is InChI=1S/C22H26FN3O4/c1-4-26(13-15(2)22(29)30-3)14-20(27)25-19-8-6-5-7-18(19)21(28)24-17-11-9-16(23)10-12-17/h5-12,15H,4,13-14H2,1-3H3,(H,24,28)(H,25,27). The van der Waals surface area contributed by atoms with Crippen LogP contribution < -0.4 is 10.6 Å². The number of benzene rings is 2. The molecule has 7 nitrogen and oxygen atoms in total. The fourth-order valence-corrected chi connectivity index (χ4v) is 2.88. The summed E-state index contributed by atoms with van der Waals surface area (Å²) >= 11 is 0. The molecule has 8 heteroatoms. The maximum atomic E-state index is 13.0. The van der Waals surface area contributed by atoms with Crippen LogP contribution in [-0.2, 0) is 14.3 Å². The largest absolute Gasteiger partial charge is 0.469 e. The number of methoxy groups -OCH3 is 1. The second kappa shape index (κ2) is 11.1. The summed E-state index contributed by atoms with van der Waals surface area (Å²) in [7, 11) is 1.33. The molecule has 0 spiro atoms. The molecule has 2 aromatic rings. The van der Waals surface area contributed by atoms with E-state index in [0.29, 0.717) is 24.5 Å². The number of rotatable bonds is 9. The summed E-state index contributed by atoms with van der Waals surface area (Å²) in [5.41, 5.74) is 1.08. The third-order valence-electron chi connectivity index (χ3n) is 4.50. The summed E-state index contributed by atoms with van der Waals surface area (Å²) in [5, 5.41) is 5.43. The highest BCUT2D eigenvalue weighted by Crippen LogP contribution is 2.18. The number of likely N-dealkylation sites (N-methyl/N-ethyl adjacent to an activating group) is 1. The number of hydrogen-bond donors (Lipinski definition) is 2. The van der Waals surface area contributed by atoms with Gasteiger partial charge >= 0.3 is 5.97 Å². The van der Waals surface area contributed by atoms with Crippen LogP contribution in [0.1, 0.15) is 24.2 Å². The Kier molecular flexibility index (Phi) is 8.49. The number of anilines is 2. The van der Waals surface area contributed by atoms with Gasteiger partial charge in [0.25, 0.3) is 5.91 Å². The molecule has 2 N–H and O–H groups in total. The highest BCUT2D eigenvalue weighted by Gasteiger charge is 2.19. The van der Waals surface area contributed by atoms with Crippen LogP contribution in [0.4, 0.5) is 15.8 Å². The van der Waals surface area contributed by atoms with Crippen molar-refractivity contribution in [2.75, 3.05) is 37.4 Å². The number of hydrogen-bond acceptors (Lipinski definition) is 5. The lowest BCUT2D eigenvalue weighted by Crippen LogP contribution is -2.38. The zero-order valence-corrected chi connectivity index (χ0v) is 17.3. The van der Waals surface area contributed by atoms with Gasteiger partial charge in [0, 0.05) is 12.2 Å². The summed E-state index contributed by atoms with van der Waals surface area (Å²) in [4.78, 5) is 38.6. The number of nitrogens with one attached hydrogen (secondary N) is 2. The van der Waals surface area contributed by atoms with Crippen molar-refractivity contribution < 1.29 is 23.5 Å². The number of carbonyl (C=O) groups excluding carboxylic acids is 3. The molecule has 2 aromatic carbocycles. The van der Waals surface area contributed by atoms with E-state index in [2.05, 4.69) is 10.6 Å². The molecule has 2 amide bonds. The van der Waals surface area contributed by atoms with Crippen LogP contribution in [0.25, 0.3) is 0 Å². The van der Waals surface area contributed by atoms with E-state index in [1.165, 1.54) is 31.4 Å². The molecule has 0 aliphatic rings. The second-order valence-electron chi connectivity index (χ2n) is 6.81. The van der Waals surface area contributed by atoms with Gasteiger partial charge in [-0.2, -0.15) is 0 Å². The molecule has 0 aromatic heterocycles. The van der Waals surface area contributed by atoms with Crippen LogP contribution in [0.15, 0.2) is 48.5 Å². The second-order valence-corrected chi connectivity index (χ2v) is 6.81. The number of halogens is 1. The Morgan fingerprint density at radius 2 is 1.73 bits per heavy atom. The molecule has 0 bridgehead atoms. The van der Waals surface area contributed by atoms with Crippen molar-refractivity contribution in [2.24, 2.45) is 5.92 Å². The Morgan fingerprint density at radius 3 is 2.37 bits per heavy atom. The van der Waals surface area contributed by atoms with Crippen LogP contribution in [0.3, 0.4) is 0 Å². The first-order chi connectivity index (χ1) is 14.3. The highest BCUT2D eigenvalue weighted by molar-refractivity contribution is 6.10. The van der Waals surface area contributed by atoms with E-state index >= 15 is 0 Å². The lowest BCUT2D eigenvalue weighted by molar-refractivity contribution is -0.145. The van der Waals surface area contributed by atoms with Crippen molar-refractivity contribution >= 4 is 29.2 Å². The van der Waals surface area contributed by atoms with Gasteiger partial charge in [-0.3, -0.25) is 19.3 Å². The van der Waals surface area contributed by atoms with Crippen molar-refractivity contribution in [3.63, 3.8) is 0 Å².